The van der Waals surface area contributed by atoms with E-state index in [1.807, 2.05) is 25.1 Å². The standard InChI is InChI=1S/C12H12FN.ClH/c1-8(14)9-6-7-12(13)11-5-3-2-4-10(9)11;/h2-8H,14H2,1H3;1H. The fraction of sp³-hybridized carbons (Fsp3) is 0.167. The highest BCUT2D eigenvalue weighted by molar-refractivity contribution is 5.86. The molecule has 2 aromatic carbocycles. The molecule has 0 saturated heterocycles. The third kappa shape index (κ3) is 2.11. The average molecular weight is 226 g/mol. The molecule has 0 amide bonds. The van der Waals surface area contributed by atoms with Gasteiger partial charge in [0.1, 0.15) is 5.82 Å². The lowest BCUT2D eigenvalue weighted by Crippen LogP contribution is -2.05. The zero-order chi connectivity index (χ0) is 10.1. The van der Waals surface area contributed by atoms with Crippen molar-refractivity contribution >= 4 is 23.2 Å². The lowest BCUT2D eigenvalue weighted by atomic mass is 10.00. The van der Waals surface area contributed by atoms with Gasteiger partial charge in [-0.05, 0) is 23.9 Å². The van der Waals surface area contributed by atoms with Crippen LogP contribution in [0.15, 0.2) is 36.4 Å². The van der Waals surface area contributed by atoms with Crippen molar-refractivity contribution in [1.82, 2.24) is 0 Å². The largest absolute Gasteiger partial charge is 0.324 e. The smallest absolute Gasteiger partial charge is 0.131 e. The predicted octanol–water partition coefficient (Wildman–Crippen LogP) is 3.42. The van der Waals surface area contributed by atoms with Crippen molar-refractivity contribution in [2.45, 2.75) is 13.0 Å². The van der Waals surface area contributed by atoms with Crippen LogP contribution in [0, 0.1) is 5.82 Å². The third-order valence-electron chi connectivity index (χ3n) is 2.40. The maximum absolute atomic E-state index is 13.4. The summed E-state index contributed by atoms with van der Waals surface area (Å²) in [5, 5.41) is 1.55. The van der Waals surface area contributed by atoms with E-state index in [0.29, 0.717) is 5.39 Å². The zero-order valence-electron chi connectivity index (χ0n) is 8.41. The Bertz CT molecular complexity index is 468. The Morgan fingerprint density at radius 3 is 2.27 bits per heavy atom. The molecule has 0 bridgehead atoms. The summed E-state index contributed by atoms with van der Waals surface area (Å²) < 4.78 is 13.4. The molecule has 15 heavy (non-hydrogen) atoms. The van der Waals surface area contributed by atoms with E-state index in [-0.39, 0.29) is 24.3 Å². The van der Waals surface area contributed by atoms with Crippen molar-refractivity contribution in [3.8, 4) is 0 Å². The second kappa shape index (κ2) is 4.60. The summed E-state index contributed by atoms with van der Waals surface area (Å²) in [4.78, 5) is 0. The van der Waals surface area contributed by atoms with Crippen LogP contribution < -0.4 is 5.73 Å². The molecular weight excluding hydrogens is 213 g/mol. The van der Waals surface area contributed by atoms with Gasteiger partial charge in [0, 0.05) is 11.4 Å². The Kier molecular flexibility index (Phi) is 3.66. The number of hydrogen-bond acceptors (Lipinski definition) is 1. The van der Waals surface area contributed by atoms with E-state index in [2.05, 4.69) is 0 Å². The summed E-state index contributed by atoms with van der Waals surface area (Å²) in [6, 6.07) is 10.6. The van der Waals surface area contributed by atoms with Crippen LogP contribution in [0.3, 0.4) is 0 Å². The van der Waals surface area contributed by atoms with Gasteiger partial charge >= 0.3 is 0 Å². The SMILES string of the molecule is CC(N)c1ccc(F)c2ccccc12.Cl. The molecule has 0 aromatic heterocycles. The first-order chi connectivity index (χ1) is 6.70. The van der Waals surface area contributed by atoms with Gasteiger partial charge in [0.15, 0.2) is 0 Å². The molecule has 0 heterocycles. The van der Waals surface area contributed by atoms with Crippen LogP contribution in [0.4, 0.5) is 4.39 Å². The Morgan fingerprint density at radius 2 is 1.67 bits per heavy atom. The summed E-state index contributed by atoms with van der Waals surface area (Å²) in [7, 11) is 0. The van der Waals surface area contributed by atoms with Crippen LogP contribution >= 0.6 is 12.4 Å². The molecule has 0 aliphatic carbocycles. The minimum absolute atomic E-state index is 0. The molecule has 2 aromatic rings. The molecule has 0 spiro atoms. The molecule has 3 heteroatoms. The monoisotopic (exact) mass is 225 g/mol. The molecule has 1 atom stereocenters. The van der Waals surface area contributed by atoms with Crippen LogP contribution in [0.2, 0.25) is 0 Å². The molecule has 0 fully saturated rings. The van der Waals surface area contributed by atoms with Gasteiger partial charge in [-0.15, -0.1) is 12.4 Å². The number of hydrogen-bond donors (Lipinski definition) is 1. The van der Waals surface area contributed by atoms with Gasteiger partial charge in [0.2, 0.25) is 0 Å². The van der Waals surface area contributed by atoms with Crippen molar-refractivity contribution in [3.05, 3.63) is 47.8 Å². The lowest BCUT2D eigenvalue weighted by molar-refractivity contribution is 0.638. The Balaban J connectivity index is 0.00000112. The van der Waals surface area contributed by atoms with E-state index in [0.717, 1.165) is 10.9 Å². The first kappa shape index (κ1) is 12.0. The van der Waals surface area contributed by atoms with Crippen LogP contribution in [0.5, 0.6) is 0 Å². The Hall–Kier alpha value is -1.12. The van der Waals surface area contributed by atoms with Gasteiger partial charge in [-0.25, -0.2) is 4.39 Å². The van der Waals surface area contributed by atoms with Gasteiger partial charge in [-0.3, -0.25) is 0 Å². The highest BCUT2D eigenvalue weighted by Gasteiger charge is 2.07. The first-order valence-corrected chi connectivity index (χ1v) is 4.63. The molecule has 0 saturated carbocycles. The van der Waals surface area contributed by atoms with E-state index >= 15 is 0 Å². The average Bonchev–Trinajstić information content (AvgIpc) is 2.18. The van der Waals surface area contributed by atoms with E-state index < -0.39 is 0 Å². The van der Waals surface area contributed by atoms with Crippen molar-refractivity contribution in [1.29, 1.82) is 0 Å². The fourth-order valence-corrected chi connectivity index (χ4v) is 1.68. The Labute approximate surface area is 94.5 Å². The van der Waals surface area contributed by atoms with Gasteiger partial charge in [0.05, 0.1) is 0 Å². The molecular formula is C12H13ClFN. The second-order valence-corrected chi connectivity index (χ2v) is 3.47. The van der Waals surface area contributed by atoms with Crippen molar-refractivity contribution in [3.63, 3.8) is 0 Å². The molecule has 0 radical (unpaired) electrons. The highest BCUT2D eigenvalue weighted by Crippen LogP contribution is 2.24. The molecule has 80 valence electrons. The van der Waals surface area contributed by atoms with Gasteiger partial charge in [0.25, 0.3) is 0 Å². The number of benzene rings is 2. The fourth-order valence-electron chi connectivity index (χ4n) is 1.68. The summed E-state index contributed by atoms with van der Waals surface area (Å²) in [5.41, 5.74) is 6.80. The van der Waals surface area contributed by atoms with Gasteiger partial charge in [-0.1, -0.05) is 30.3 Å². The normalized spacial score (nSPS) is 12.2. The second-order valence-electron chi connectivity index (χ2n) is 3.47. The third-order valence-corrected chi connectivity index (χ3v) is 2.40. The zero-order valence-corrected chi connectivity index (χ0v) is 9.22. The number of nitrogens with two attached hydrogens (primary N) is 1. The van der Waals surface area contributed by atoms with Crippen LogP contribution in [0.1, 0.15) is 18.5 Å². The van der Waals surface area contributed by atoms with E-state index in [1.54, 1.807) is 12.1 Å². The molecule has 0 aliphatic heterocycles. The quantitative estimate of drug-likeness (QED) is 0.791. The summed E-state index contributed by atoms with van der Waals surface area (Å²) >= 11 is 0. The van der Waals surface area contributed by atoms with Gasteiger partial charge in [-0.2, -0.15) is 0 Å². The molecule has 2 rings (SSSR count). The van der Waals surface area contributed by atoms with Crippen molar-refractivity contribution in [2.24, 2.45) is 5.73 Å². The molecule has 0 aliphatic rings. The highest BCUT2D eigenvalue weighted by atomic mass is 35.5. The first-order valence-electron chi connectivity index (χ1n) is 4.63. The molecule has 2 N–H and O–H groups in total. The number of halogens is 2. The predicted molar refractivity (Wildman–Crippen MR) is 63.8 cm³/mol. The van der Waals surface area contributed by atoms with Gasteiger partial charge < -0.3 is 5.73 Å². The van der Waals surface area contributed by atoms with Crippen LogP contribution in [-0.2, 0) is 0 Å². The van der Waals surface area contributed by atoms with E-state index in [1.165, 1.54) is 6.07 Å². The van der Waals surface area contributed by atoms with E-state index in [9.17, 15) is 4.39 Å². The molecule has 1 unspecified atom stereocenters. The van der Waals surface area contributed by atoms with Crippen LogP contribution in [-0.4, -0.2) is 0 Å². The van der Waals surface area contributed by atoms with Crippen molar-refractivity contribution in [2.75, 3.05) is 0 Å². The Morgan fingerprint density at radius 1 is 1.07 bits per heavy atom. The summed E-state index contributed by atoms with van der Waals surface area (Å²) in [6.45, 7) is 1.90. The maximum atomic E-state index is 13.4. The van der Waals surface area contributed by atoms with Crippen LogP contribution in [0.25, 0.3) is 10.8 Å². The number of rotatable bonds is 1. The maximum Gasteiger partial charge on any atom is 0.131 e. The van der Waals surface area contributed by atoms with E-state index in [4.69, 9.17) is 5.73 Å². The molecule has 1 nitrogen and oxygen atoms in total. The topological polar surface area (TPSA) is 26.0 Å². The summed E-state index contributed by atoms with van der Waals surface area (Å²) in [5.74, 6) is -0.190. The number of fused-ring (bicyclic) bond motifs is 1. The lowest BCUT2D eigenvalue weighted by Gasteiger charge is -2.10. The minimum Gasteiger partial charge on any atom is -0.324 e. The van der Waals surface area contributed by atoms with Crippen molar-refractivity contribution < 1.29 is 4.39 Å². The summed E-state index contributed by atoms with van der Waals surface area (Å²) in [6.07, 6.45) is 0. The minimum atomic E-state index is -0.190.